The van der Waals surface area contributed by atoms with Crippen LogP contribution in [0.5, 0.6) is 17.2 Å². The molecule has 4 aromatic rings. The fourth-order valence-electron chi connectivity index (χ4n) is 3.98. The number of furan rings is 1. The lowest BCUT2D eigenvalue weighted by molar-refractivity contribution is 0.0958. The van der Waals surface area contributed by atoms with Gasteiger partial charge in [-0.2, -0.15) is 0 Å². The van der Waals surface area contributed by atoms with Gasteiger partial charge in [-0.15, -0.1) is 0 Å². The predicted octanol–water partition coefficient (Wildman–Crippen LogP) is 5.63. The highest BCUT2D eigenvalue weighted by atomic mass is 16.5. The molecule has 7 nitrogen and oxygen atoms in total. The number of hydrogen-bond acceptors (Lipinski definition) is 6. The van der Waals surface area contributed by atoms with E-state index in [4.69, 9.17) is 18.6 Å². The van der Waals surface area contributed by atoms with Gasteiger partial charge in [0.25, 0.3) is 5.91 Å². The van der Waals surface area contributed by atoms with E-state index in [-0.39, 0.29) is 18.2 Å². The van der Waals surface area contributed by atoms with Gasteiger partial charge in [0, 0.05) is 17.1 Å². The largest absolute Gasteiger partial charge is 0.493 e. The fourth-order valence-corrected chi connectivity index (χ4v) is 3.98. The number of ether oxygens (including phenoxy) is 3. The minimum Gasteiger partial charge on any atom is -0.493 e. The smallest absolute Gasteiger partial charge is 0.295 e. The van der Waals surface area contributed by atoms with E-state index in [1.165, 1.54) is 0 Å². The molecule has 1 amide bonds. The van der Waals surface area contributed by atoms with Crippen LogP contribution in [-0.4, -0.2) is 32.2 Å². The van der Waals surface area contributed by atoms with Crippen LogP contribution in [0.15, 0.2) is 53.1 Å². The van der Waals surface area contributed by atoms with Crippen molar-refractivity contribution in [1.82, 2.24) is 4.98 Å². The number of carbonyl (C=O) groups excluding carboxylic acids is 1. The molecule has 0 saturated heterocycles. The van der Waals surface area contributed by atoms with Gasteiger partial charge in [0.1, 0.15) is 11.4 Å². The molecule has 0 aliphatic heterocycles. The molecule has 2 aromatic heterocycles. The number of anilines is 1. The van der Waals surface area contributed by atoms with Crippen molar-refractivity contribution in [3.05, 3.63) is 76.7 Å². The maximum absolute atomic E-state index is 13.8. The molecule has 0 spiro atoms. The summed E-state index contributed by atoms with van der Waals surface area (Å²) in [6.07, 6.45) is 1.66. The second-order valence-electron chi connectivity index (χ2n) is 8.10. The maximum atomic E-state index is 13.8. The van der Waals surface area contributed by atoms with Crippen LogP contribution in [0, 0.1) is 20.8 Å². The Balaban J connectivity index is 1.80. The summed E-state index contributed by atoms with van der Waals surface area (Å²) in [7, 11) is 4.67. The Morgan fingerprint density at radius 3 is 2.21 bits per heavy atom. The molecule has 2 aromatic carbocycles. The van der Waals surface area contributed by atoms with Gasteiger partial charge in [0.2, 0.25) is 5.75 Å². The van der Waals surface area contributed by atoms with Gasteiger partial charge in [-0.3, -0.25) is 9.69 Å². The van der Waals surface area contributed by atoms with Gasteiger partial charge in [-0.1, -0.05) is 6.07 Å². The maximum Gasteiger partial charge on any atom is 0.295 e. The van der Waals surface area contributed by atoms with Crippen LogP contribution in [-0.2, 0) is 6.54 Å². The third-order valence-electron chi connectivity index (χ3n) is 5.98. The quantitative estimate of drug-likeness (QED) is 0.356. The van der Waals surface area contributed by atoms with Crippen molar-refractivity contribution in [3.63, 3.8) is 0 Å². The molecule has 2 heterocycles. The van der Waals surface area contributed by atoms with Crippen LogP contribution >= 0.6 is 0 Å². The van der Waals surface area contributed by atoms with Crippen LogP contribution in [0.3, 0.4) is 0 Å². The van der Waals surface area contributed by atoms with Crippen molar-refractivity contribution in [2.75, 3.05) is 26.2 Å². The zero-order valence-corrected chi connectivity index (χ0v) is 20.3. The Kier molecular flexibility index (Phi) is 6.45. The topological polar surface area (TPSA) is 74.0 Å². The number of hydrogen-bond donors (Lipinski definition) is 0. The molecule has 176 valence electrons. The first kappa shape index (κ1) is 23.2. The Morgan fingerprint density at radius 2 is 1.62 bits per heavy atom. The zero-order chi connectivity index (χ0) is 24.4. The van der Waals surface area contributed by atoms with Crippen molar-refractivity contribution in [1.29, 1.82) is 0 Å². The first-order chi connectivity index (χ1) is 16.4. The second-order valence-corrected chi connectivity index (χ2v) is 8.10. The average Bonchev–Trinajstić information content (AvgIpc) is 3.17. The number of rotatable bonds is 7. The lowest BCUT2D eigenvalue weighted by Gasteiger charge is -2.22. The second kappa shape index (κ2) is 9.47. The molecule has 0 aliphatic carbocycles. The number of pyridine rings is 1. The highest BCUT2D eigenvalue weighted by Gasteiger charge is 2.27. The number of amides is 1. The van der Waals surface area contributed by atoms with E-state index in [9.17, 15) is 4.79 Å². The molecule has 0 fully saturated rings. The van der Waals surface area contributed by atoms with Crippen molar-refractivity contribution in [3.8, 4) is 17.2 Å². The molecule has 4 rings (SSSR count). The van der Waals surface area contributed by atoms with E-state index in [0.29, 0.717) is 28.6 Å². The van der Waals surface area contributed by atoms with Crippen molar-refractivity contribution in [2.24, 2.45) is 0 Å². The summed E-state index contributed by atoms with van der Waals surface area (Å²) in [5.41, 5.74) is 4.54. The first-order valence-corrected chi connectivity index (χ1v) is 10.9. The van der Waals surface area contributed by atoms with E-state index >= 15 is 0 Å². The van der Waals surface area contributed by atoms with Gasteiger partial charge in [-0.05, 0) is 73.9 Å². The molecule has 0 aliphatic rings. The Bertz CT molecular complexity index is 1320. The third kappa shape index (κ3) is 4.17. The summed E-state index contributed by atoms with van der Waals surface area (Å²) in [6, 6.07) is 13.1. The van der Waals surface area contributed by atoms with Crippen molar-refractivity contribution in [2.45, 2.75) is 27.3 Å². The minimum atomic E-state index is -0.281. The van der Waals surface area contributed by atoms with E-state index < -0.39 is 0 Å². The molecule has 34 heavy (non-hydrogen) atoms. The summed E-state index contributed by atoms with van der Waals surface area (Å²) in [5.74, 6) is 2.03. The van der Waals surface area contributed by atoms with Gasteiger partial charge in [0.05, 0.1) is 27.9 Å². The van der Waals surface area contributed by atoms with Crippen LogP contribution in [0.2, 0.25) is 0 Å². The highest BCUT2D eigenvalue weighted by Crippen LogP contribution is 2.39. The monoisotopic (exact) mass is 460 g/mol. The standard InChI is InChI=1S/C27H28N2O5/c1-16-11-20-18(3)25(34-21(20)12-17(16)2)27(30)29(24-9-7-8-10-28-24)15-19-13-22(31-4)26(33-6)23(14-19)32-5/h7-14H,15H2,1-6H3. The normalized spacial score (nSPS) is 10.9. The zero-order valence-electron chi connectivity index (χ0n) is 20.3. The lowest BCUT2D eigenvalue weighted by Crippen LogP contribution is -2.31. The average molecular weight is 461 g/mol. The molecule has 0 bridgehead atoms. The van der Waals surface area contributed by atoms with Gasteiger partial charge < -0.3 is 18.6 Å². The molecule has 0 N–H and O–H groups in total. The SMILES string of the molecule is COc1cc(CN(C(=O)c2oc3cc(C)c(C)cc3c2C)c2ccccn2)cc(OC)c1OC. The molecule has 7 heteroatoms. The molecular formula is C27H28N2O5. The Hall–Kier alpha value is -4.00. The van der Waals surface area contributed by atoms with Crippen molar-refractivity contribution < 1.29 is 23.4 Å². The van der Waals surface area contributed by atoms with E-state index in [1.807, 2.05) is 51.1 Å². The molecule has 0 saturated carbocycles. The van der Waals surface area contributed by atoms with Gasteiger partial charge >= 0.3 is 0 Å². The Morgan fingerprint density at radius 1 is 0.941 bits per heavy atom. The minimum absolute atomic E-state index is 0.223. The fraction of sp³-hybridized carbons (Fsp3) is 0.259. The highest BCUT2D eigenvalue weighted by molar-refractivity contribution is 6.07. The summed E-state index contributed by atoms with van der Waals surface area (Å²) in [5, 5.41) is 0.931. The molecule has 0 atom stereocenters. The van der Waals surface area contributed by atoms with Crippen LogP contribution in [0.25, 0.3) is 11.0 Å². The van der Waals surface area contributed by atoms with Gasteiger partial charge in [0.15, 0.2) is 17.3 Å². The molecular weight excluding hydrogens is 432 g/mol. The number of aryl methyl sites for hydroxylation is 3. The summed E-state index contributed by atoms with van der Waals surface area (Å²) in [6.45, 7) is 6.21. The van der Waals surface area contributed by atoms with E-state index in [2.05, 4.69) is 11.1 Å². The third-order valence-corrected chi connectivity index (χ3v) is 5.98. The lowest BCUT2D eigenvalue weighted by atomic mass is 10.0. The summed E-state index contributed by atoms with van der Waals surface area (Å²) >= 11 is 0. The number of methoxy groups -OCH3 is 3. The number of fused-ring (bicyclic) bond motifs is 1. The van der Waals surface area contributed by atoms with Crippen LogP contribution in [0.1, 0.15) is 32.8 Å². The van der Waals surface area contributed by atoms with Crippen LogP contribution < -0.4 is 19.1 Å². The first-order valence-electron chi connectivity index (χ1n) is 10.9. The number of benzene rings is 2. The summed E-state index contributed by atoms with van der Waals surface area (Å²) < 4.78 is 22.5. The van der Waals surface area contributed by atoms with Crippen molar-refractivity contribution >= 4 is 22.7 Å². The van der Waals surface area contributed by atoms with Crippen LogP contribution in [0.4, 0.5) is 5.82 Å². The Labute approximate surface area is 198 Å². The van der Waals surface area contributed by atoms with E-state index in [1.54, 1.807) is 38.5 Å². The molecule has 0 radical (unpaired) electrons. The number of carbonyl (C=O) groups is 1. The predicted molar refractivity (Wildman–Crippen MR) is 131 cm³/mol. The number of aromatic nitrogens is 1. The van der Waals surface area contributed by atoms with Gasteiger partial charge in [-0.25, -0.2) is 4.98 Å². The molecule has 0 unspecified atom stereocenters. The summed E-state index contributed by atoms with van der Waals surface area (Å²) in [4.78, 5) is 19.9. The number of nitrogens with zero attached hydrogens (tertiary/aromatic N) is 2. The van der Waals surface area contributed by atoms with E-state index in [0.717, 1.165) is 27.6 Å².